The van der Waals surface area contributed by atoms with Crippen LogP contribution in [0.5, 0.6) is 0 Å². The smallest absolute Gasteiger partial charge is 0.323 e. The lowest BCUT2D eigenvalue weighted by Crippen LogP contribution is -2.37. The van der Waals surface area contributed by atoms with Gasteiger partial charge in [-0.25, -0.2) is 8.42 Å². The van der Waals surface area contributed by atoms with Crippen LogP contribution >= 0.6 is 0 Å². The predicted octanol–water partition coefficient (Wildman–Crippen LogP) is -0.670. The summed E-state index contributed by atoms with van der Waals surface area (Å²) < 4.78 is 21.8. The number of aliphatic carboxylic acids is 1. The molecule has 0 rings (SSSR count). The number of hydrogen-bond donors (Lipinski definition) is 2. The molecule has 2 N–H and O–H groups in total. The number of hydrogen-bond acceptors (Lipinski definition) is 4. The molecule has 0 aliphatic rings. The quantitative estimate of drug-likeness (QED) is 0.570. The molecule has 0 fully saturated rings. The normalized spacial score (nSPS) is 14.2. The minimum Gasteiger partial charge on any atom is -0.480 e. The second-order valence-corrected chi connectivity index (χ2v) is 4.01. The summed E-state index contributed by atoms with van der Waals surface area (Å²) in [7, 11) is -3.89. The molecule has 6 nitrogen and oxygen atoms in total. The number of carboxylic acid groups (broad SMARTS) is 1. The number of rotatable bonds is 5. The van der Waals surface area contributed by atoms with Gasteiger partial charge in [0.15, 0.2) is 5.25 Å². The number of carbonyl (C=O) groups is 1. The molecule has 0 aromatic heterocycles. The van der Waals surface area contributed by atoms with Crippen molar-refractivity contribution < 1.29 is 23.2 Å². The molecule has 72 valence electrons. The molecular formula is C5H11NO5S. The first kappa shape index (κ1) is 11.3. The zero-order valence-electron chi connectivity index (χ0n) is 6.77. The molecule has 0 radical (unpaired) electrons. The summed E-state index contributed by atoms with van der Waals surface area (Å²) in [5, 5.41) is 6.83. The van der Waals surface area contributed by atoms with E-state index in [1.807, 2.05) is 0 Å². The van der Waals surface area contributed by atoms with Crippen molar-refractivity contribution in [3.63, 3.8) is 0 Å². The molecule has 0 aliphatic heterocycles. The van der Waals surface area contributed by atoms with Gasteiger partial charge in [0.25, 0.3) is 0 Å². The third kappa shape index (κ3) is 3.16. The Hall–Kier alpha value is -0.660. The van der Waals surface area contributed by atoms with E-state index in [9.17, 15) is 13.2 Å². The fourth-order valence-corrected chi connectivity index (χ4v) is 1.04. The lowest BCUT2D eigenvalue weighted by Gasteiger charge is -2.08. The lowest BCUT2D eigenvalue weighted by molar-refractivity contribution is -0.136. The summed E-state index contributed by atoms with van der Waals surface area (Å²) in [5.41, 5.74) is 0. The van der Waals surface area contributed by atoms with Gasteiger partial charge in [-0.2, -0.15) is 0 Å². The van der Waals surface area contributed by atoms with Crippen molar-refractivity contribution in [3.8, 4) is 0 Å². The van der Waals surface area contributed by atoms with Gasteiger partial charge in [-0.15, -0.1) is 0 Å². The Morgan fingerprint density at radius 3 is 2.50 bits per heavy atom. The van der Waals surface area contributed by atoms with Crippen molar-refractivity contribution >= 4 is 16.0 Å². The van der Waals surface area contributed by atoms with Crippen LogP contribution in [0.15, 0.2) is 0 Å². The molecule has 0 amide bonds. The van der Waals surface area contributed by atoms with Crippen molar-refractivity contribution in [1.82, 2.24) is 4.89 Å². The van der Waals surface area contributed by atoms with Gasteiger partial charge in [-0.3, -0.25) is 9.63 Å². The molecular weight excluding hydrogens is 186 g/mol. The van der Waals surface area contributed by atoms with Gasteiger partial charge in [0.2, 0.25) is 10.0 Å². The van der Waals surface area contributed by atoms with E-state index in [4.69, 9.17) is 5.11 Å². The SMILES string of the molecule is CCONS(=O)(=O)C(C)C(=O)O. The molecule has 0 bridgehead atoms. The Labute approximate surface area is 70.5 Å². The molecule has 0 heterocycles. The summed E-state index contributed by atoms with van der Waals surface area (Å²) in [6, 6.07) is 0. The van der Waals surface area contributed by atoms with Crippen LogP contribution in [0.1, 0.15) is 13.8 Å². The Kier molecular flexibility index (Phi) is 4.15. The summed E-state index contributed by atoms with van der Waals surface area (Å²) in [6.45, 7) is 2.78. The third-order valence-corrected chi connectivity index (χ3v) is 2.62. The van der Waals surface area contributed by atoms with E-state index < -0.39 is 21.2 Å². The van der Waals surface area contributed by atoms with E-state index >= 15 is 0 Å². The number of sulfonamides is 1. The van der Waals surface area contributed by atoms with Crippen LogP contribution in [0.25, 0.3) is 0 Å². The highest BCUT2D eigenvalue weighted by Crippen LogP contribution is 1.97. The van der Waals surface area contributed by atoms with Crippen molar-refractivity contribution in [1.29, 1.82) is 0 Å². The Bertz CT molecular complexity index is 247. The van der Waals surface area contributed by atoms with Gasteiger partial charge >= 0.3 is 5.97 Å². The zero-order valence-corrected chi connectivity index (χ0v) is 7.59. The average Bonchev–Trinajstić information content (AvgIpc) is 1.99. The van der Waals surface area contributed by atoms with Crippen LogP contribution in [0.4, 0.5) is 0 Å². The Morgan fingerprint density at radius 2 is 2.17 bits per heavy atom. The van der Waals surface area contributed by atoms with E-state index in [0.29, 0.717) is 0 Å². The molecule has 1 unspecified atom stereocenters. The lowest BCUT2D eigenvalue weighted by atomic mass is 10.5. The van der Waals surface area contributed by atoms with E-state index in [1.165, 1.54) is 0 Å². The summed E-state index contributed by atoms with van der Waals surface area (Å²) >= 11 is 0. The number of nitrogens with one attached hydrogen (secondary N) is 1. The molecule has 0 aromatic carbocycles. The first-order chi connectivity index (χ1) is 5.41. The molecule has 12 heavy (non-hydrogen) atoms. The maximum Gasteiger partial charge on any atom is 0.323 e. The average molecular weight is 197 g/mol. The Balaban J connectivity index is 4.31. The second-order valence-electron chi connectivity index (χ2n) is 2.04. The fraction of sp³-hybridized carbons (Fsp3) is 0.800. The van der Waals surface area contributed by atoms with Gasteiger partial charge in [0, 0.05) is 0 Å². The minimum absolute atomic E-state index is 0.144. The topological polar surface area (TPSA) is 92.7 Å². The van der Waals surface area contributed by atoms with Gasteiger partial charge in [-0.1, -0.05) is 4.89 Å². The molecule has 0 saturated carbocycles. The van der Waals surface area contributed by atoms with Crippen molar-refractivity contribution in [2.24, 2.45) is 0 Å². The largest absolute Gasteiger partial charge is 0.480 e. The maximum absolute atomic E-state index is 10.9. The molecule has 0 saturated heterocycles. The van der Waals surface area contributed by atoms with E-state index in [0.717, 1.165) is 6.92 Å². The molecule has 0 aliphatic carbocycles. The highest BCUT2D eigenvalue weighted by molar-refractivity contribution is 7.90. The second kappa shape index (κ2) is 4.39. The summed E-state index contributed by atoms with van der Waals surface area (Å²) in [6.07, 6.45) is 0. The van der Waals surface area contributed by atoms with Crippen LogP contribution in [-0.2, 0) is 19.7 Å². The first-order valence-corrected chi connectivity index (χ1v) is 4.81. The maximum atomic E-state index is 10.9. The van der Waals surface area contributed by atoms with Gasteiger partial charge in [0.05, 0.1) is 6.61 Å². The number of carboxylic acids is 1. The van der Waals surface area contributed by atoms with Crippen LogP contribution in [0.3, 0.4) is 0 Å². The molecule has 7 heteroatoms. The van der Waals surface area contributed by atoms with Gasteiger partial charge in [0.1, 0.15) is 0 Å². The Morgan fingerprint density at radius 1 is 1.67 bits per heavy atom. The van der Waals surface area contributed by atoms with E-state index in [2.05, 4.69) is 4.84 Å². The predicted molar refractivity (Wildman–Crippen MR) is 40.8 cm³/mol. The monoisotopic (exact) mass is 197 g/mol. The summed E-state index contributed by atoms with van der Waals surface area (Å²) in [5.74, 6) is -1.41. The van der Waals surface area contributed by atoms with Crippen molar-refractivity contribution in [2.45, 2.75) is 19.1 Å². The van der Waals surface area contributed by atoms with Gasteiger partial charge < -0.3 is 5.11 Å². The first-order valence-electron chi connectivity index (χ1n) is 3.27. The molecule has 0 aromatic rings. The zero-order chi connectivity index (χ0) is 9.78. The molecule has 1 atom stereocenters. The van der Waals surface area contributed by atoms with Crippen molar-refractivity contribution in [2.75, 3.05) is 6.61 Å². The van der Waals surface area contributed by atoms with Crippen LogP contribution in [0, 0.1) is 0 Å². The van der Waals surface area contributed by atoms with E-state index in [1.54, 1.807) is 11.8 Å². The highest BCUT2D eigenvalue weighted by Gasteiger charge is 2.27. The summed E-state index contributed by atoms with van der Waals surface area (Å²) in [4.78, 5) is 16.3. The van der Waals surface area contributed by atoms with E-state index in [-0.39, 0.29) is 6.61 Å². The van der Waals surface area contributed by atoms with Crippen molar-refractivity contribution in [3.05, 3.63) is 0 Å². The fourth-order valence-electron chi connectivity index (χ4n) is 0.346. The van der Waals surface area contributed by atoms with Crippen LogP contribution in [-0.4, -0.2) is 31.4 Å². The highest BCUT2D eigenvalue weighted by atomic mass is 32.2. The standard InChI is InChI=1S/C5H11NO5S/c1-3-11-6-12(9,10)4(2)5(7)8/h4,6H,3H2,1-2H3,(H,7,8). The van der Waals surface area contributed by atoms with Crippen LogP contribution < -0.4 is 4.89 Å². The van der Waals surface area contributed by atoms with Crippen LogP contribution in [0.2, 0.25) is 0 Å². The molecule has 0 spiro atoms. The minimum atomic E-state index is -3.89. The van der Waals surface area contributed by atoms with Gasteiger partial charge in [-0.05, 0) is 13.8 Å². The third-order valence-electron chi connectivity index (χ3n) is 1.13.